The summed E-state index contributed by atoms with van der Waals surface area (Å²) in [6, 6.07) is 12.9. The van der Waals surface area contributed by atoms with Crippen molar-refractivity contribution in [2.75, 3.05) is 11.4 Å². The fourth-order valence-corrected chi connectivity index (χ4v) is 4.16. The predicted octanol–water partition coefficient (Wildman–Crippen LogP) is 3.72. The van der Waals surface area contributed by atoms with Gasteiger partial charge in [-0.25, -0.2) is 0 Å². The average Bonchev–Trinajstić information content (AvgIpc) is 2.83. The third-order valence-electron chi connectivity index (χ3n) is 5.28. The van der Waals surface area contributed by atoms with E-state index in [4.69, 9.17) is 5.26 Å². The van der Waals surface area contributed by atoms with Crippen LogP contribution in [0.4, 0.5) is 5.69 Å². The monoisotopic (exact) mass is 376 g/mol. The van der Waals surface area contributed by atoms with E-state index < -0.39 is 11.5 Å². The van der Waals surface area contributed by atoms with Gasteiger partial charge in [0.1, 0.15) is 0 Å². The van der Waals surface area contributed by atoms with Crippen LogP contribution < -0.4 is 4.90 Å². The van der Waals surface area contributed by atoms with Gasteiger partial charge in [-0.1, -0.05) is 35.9 Å². The predicted molar refractivity (Wildman–Crippen MR) is 107 cm³/mol. The zero-order valence-corrected chi connectivity index (χ0v) is 16.5. The second-order valence-electron chi connectivity index (χ2n) is 7.47. The number of carbonyl (C=O) groups excluding carboxylic acids is 2. The highest BCUT2D eigenvalue weighted by Crippen LogP contribution is 2.43. The normalized spacial score (nSPS) is 18.1. The van der Waals surface area contributed by atoms with Crippen LogP contribution in [-0.4, -0.2) is 23.3 Å². The summed E-state index contributed by atoms with van der Waals surface area (Å²) in [5, 5.41) is 20.1. The summed E-state index contributed by atoms with van der Waals surface area (Å²) >= 11 is 0. The molecule has 0 bridgehead atoms. The summed E-state index contributed by atoms with van der Waals surface area (Å²) < 4.78 is 0. The molecule has 5 heteroatoms. The Labute approximate surface area is 165 Å². The largest absolute Gasteiger partial charge is 0.375 e. The Morgan fingerprint density at radius 2 is 1.82 bits per heavy atom. The molecular weight excluding hydrogens is 352 g/mol. The Hall–Kier alpha value is -2.97. The first kappa shape index (κ1) is 19.8. The van der Waals surface area contributed by atoms with E-state index in [1.165, 1.54) is 4.90 Å². The molecule has 144 valence electrons. The van der Waals surface area contributed by atoms with Gasteiger partial charge in [0.2, 0.25) is 0 Å². The van der Waals surface area contributed by atoms with Crippen molar-refractivity contribution in [1.82, 2.24) is 0 Å². The van der Waals surface area contributed by atoms with Crippen molar-refractivity contribution in [3.63, 3.8) is 0 Å². The molecular formula is C23H24N2O3. The van der Waals surface area contributed by atoms with Crippen LogP contribution in [0.3, 0.4) is 0 Å². The van der Waals surface area contributed by atoms with Gasteiger partial charge in [-0.3, -0.25) is 9.59 Å². The number of benzene rings is 2. The Morgan fingerprint density at radius 3 is 2.46 bits per heavy atom. The number of anilines is 1. The van der Waals surface area contributed by atoms with Crippen molar-refractivity contribution in [1.29, 1.82) is 5.26 Å². The Morgan fingerprint density at radius 1 is 1.18 bits per heavy atom. The summed E-state index contributed by atoms with van der Waals surface area (Å²) in [4.78, 5) is 27.7. The molecule has 1 heterocycles. The third-order valence-corrected chi connectivity index (χ3v) is 5.28. The number of nitrogens with zero attached hydrogens (tertiary/aromatic N) is 2. The van der Waals surface area contributed by atoms with Crippen LogP contribution in [0.2, 0.25) is 0 Å². The van der Waals surface area contributed by atoms with E-state index in [9.17, 15) is 14.7 Å². The number of Topliss-reactive ketones (excluding diaryl/α,β-unsaturated/α-hetero) is 1. The Kier molecular flexibility index (Phi) is 5.35. The van der Waals surface area contributed by atoms with Crippen LogP contribution >= 0.6 is 0 Å². The van der Waals surface area contributed by atoms with Gasteiger partial charge in [0, 0.05) is 24.1 Å². The van der Waals surface area contributed by atoms with E-state index in [1.807, 2.05) is 32.9 Å². The molecule has 1 N–H and O–H groups in total. The third kappa shape index (κ3) is 3.32. The summed E-state index contributed by atoms with van der Waals surface area (Å²) in [6.45, 7) is 6.05. The van der Waals surface area contributed by atoms with Crippen molar-refractivity contribution in [3.8, 4) is 6.07 Å². The second kappa shape index (κ2) is 7.57. The number of aryl methyl sites for hydroxylation is 3. The van der Waals surface area contributed by atoms with Crippen molar-refractivity contribution < 1.29 is 14.7 Å². The molecule has 0 aromatic heterocycles. The number of hydrogen-bond donors (Lipinski definition) is 1. The lowest BCUT2D eigenvalue weighted by Crippen LogP contribution is -2.42. The molecule has 2 aromatic rings. The number of fused-ring (bicyclic) bond motifs is 1. The number of aliphatic hydroxyl groups is 1. The highest BCUT2D eigenvalue weighted by atomic mass is 16.3. The minimum absolute atomic E-state index is 0.250. The smallest absolute Gasteiger partial charge is 0.264 e. The van der Waals surface area contributed by atoms with E-state index in [0.29, 0.717) is 36.2 Å². The minimum atomic E-state index is -1.88. The van der Waals surface area contributed by atoms with E-state index in [-0.39, 0.29) is 12.2 Å². The Balaban J connectivity index is 1.96. The number of hydrogen-bond acceptors (Lipinski definition) is 4. The van der Waals surface area contributed by atoms with Gasteiger partial charge in [0.25, 0.3) is 5.91 Å². The van der Waals surface area contributed by atoms with Crippen LogP contribution in [0.25, 0.3) is 0 Å². The lowest BCUT2D eigenvalue weighted by Gasteiger charge is -2.23. The zero-order chi connectivity index (χ0) is 20.5. The number of rotatable bonds is 6. The number of ketones is 1. The van der Waals surface area contributed by atoms with E-state index in [0.717, 1.165) is 16.7 Å². The van der Waals surface area contributed by atoms with Gasteiger partial charge in [-0.2, -0.15) is 5.26 Å². The molecule has 0 unspecified atom stereocenters. The van der Waals surface area contributed by atoms with Crippen molar-refractivity contribution in [3.05, 3.63) is 64.2 Å². The molecule has 0 saturated heterocycles. The molecule has 1 aliphatic heterocycles. The first-order chi connectivity index (χ1) is 13.3. The topological polar surface area (TPSA) is 81.4 Å². The molecule has 5 nitrogen and oxygen atoms in total. The maximum absolute atomic E-state index is 13.1. The fourth-order valence-electron chi connectivity index (χ4n) is 4.16. The first-order valence-corrected chi connectivity index (χ1v) is 9.41. The van der Waals surface area contributed by atoms with E-state index >= 15 is 0 Å². The van der Waals surface area contributed by atoms with Gasteiger partial charge in [0.15, 0.2) is 11.4 Å². The van der Waals surface area contributed by atoms with Crippen LogP contribution in [0.15, 0.2) is 36.4 Å². The highest BCUT2D eigenvalue weighted by Gasteiger charge is 2.50. The summed E-state index contributed by atoms with van der Waals surface area (Å²) in [6.07, 6.45) is 0.532. The summed E-state index contributed by atoms with van der Waals surface area (Å²) in [5.74, 6) is -0.748. The summed E-state index contributed by atoms with van der Waals surface area (Å²) in [5.41, 5.74) is 2.49. The van der Waals surface area contributed by atoms with Crippen LogP contribution in [-0.2, 0) is 10.4 Å². The number of para-hydroxylation sites is 1. The van der Waals surface area contributed by atoms with Gasteiger partial charge in [-0.05, 0) is 44.4 Å². The van der Waals surface area contributed by atoms with E-state index in [2.05, 4.69) is 6.07 Å². The molecule has 0 fully saturated rings. The molecule has 0 aliphatic carbocycles. The zero-order valence-electron chi connectivity index (χ0n) is 16.5. The number of carbonyl (C=O) groups is 2. The second-order valence-corrected chi connectivity index (χ2v) is 7.47. The molecule has 1 amide bonds. The van der Waals surface area contributed by atoms with Crippen molar-refractivity contribution in [2.24, 2.45) is 0 Å². The molecule has 1 atom stereocenters. The van der Waals surface area contributed by atoms with Crippen LogP contribution in [0.5, 0.6) is 0 Å². The van der Waals surface area contributed by atoms with Crippen molar-refractivity contribution >= 4 is 17.4 Å². The van der Waals surface area contributed by atoms with Crippen molar-refractivity contribution in [2.45, 2.75) is 45.6 Å². The molecule has 1 aliphatic rings. The van der Waals surface area contributed by atoms with E-state index in [1.54, 1.807) is 24.3 Å². The maximum Gasteiger partial charge on any atom is 0.264 e. The quantitative estimate of drug-likeness (QED) is 0.615. The van der Waals surface area contributed by atoms with Crippen LogP contribution in [0.1, 0.15) is 51.9 Å². The average molecular weight is 376 g/mol. The van der Waals surface area contributed by atoms with Gasteiger partial charge in [-0.15, -0.1) is 0 Å². The lowest BCUT2D eigenvalue weighted by molar-refractivity contribution is -0.135. The molecule has 0 saturated carbocycles. The molecule has 0 spiro atoms. The van der Waals surface area contributed by atoms with Crippen LogP contribution in [0, 0.1) is 32.1 Å². The standard InChI is InChI=1S/C23H24N2O3/c1-15-12-16(2)21(17(3)13-15)20(26)14-23(28)18-8-4-5-9-19(18)25(22(23)27)11-7-6-10-24/h4-5,8-9,12-13,28H,6-7,11,14H2,1-3H3/t23-/m0/s1. The molecule has 3 rings (SSSR count). The molecule has 2 aromatic carbocycles. The van der Waals surface area contributed by atoms with Gasteiger partial charge in [0.05, 0.1) is 18.2 Å². The lowest BCUT2D eigenvalue weighted by atomic mass is 9.85. The number of nitriles is 1. The maximum atomic E-state index is 13.1. The number of unbranched alkanes of at least 4 members (excludes halogenated alkanes) is 1. The first-order valence-electron chi connectivity index (χ1n) is 9.41. The number of amides is 1. The van der Waals surface area contributed by atoms with Gasteiger partial charge >= 0.3 is 0 Å². The Bertz CT molecular complexity index is 967. The highest BCUT2D eigenvalue weighted by molar-refractivity contribution is 6.11. The molecule has 0 radical (unpaired) electrons. The minimum Gasteiger partial charge on any atom is -0.375 e. The summed E-state index contributed by atoms with van der Waals surface area (Å²) in [7, 11) is 0. The van der Waals surface area contributed by atoms with Gasteiger partial charge < -0.3 is 10.0 Å². The SMILES string of the molecule is Cc1cc(C)c(C(=O)C[C@@]2(O)C(=O)N(CCCC#N)c3ccccc32)c(C)c1. The fraction of sp³-hybridized carbons (Fsp3) is 0.348. The molecule has 28 heavy (non-hydrogen) atoms.